The van der Waals surface area contributed by atoms with Gasteiger partial charge in [0.05, 0.1) is 0 Å². The van der Waals surface area contributed by atoms with Crippen LogP contribution in [0.25, 0.3) is 0 Å². The summed E-state index contributed by atoms with van der Waals surface area (Å²) in [6, 6.07) is 12.0. The zero-order valence-corrected chi connectivity index (χ0v) is 9.48. The van der Waals surface area contributed by atoms with Crippen molar-refractivity contribution >= 4 is 10.7 Å². The Balaban J connectivity index is 0. The summed E-state index contributed by atoms with van der Waals surface area (Å²) in [4.78, 5) is 0. The Morgan fingerprint density at radius 1 is 1.00 bits per heavy atom. The van der Waals surface area contributed by atoms with Crippen LogP contribution in [0.5, 0.6) is 0 Å². The Bertz CT molecular complexity index is 208. The van der Waals surface area contributed by atoms with Gasteiger partial charge >= 0.3 is 0 Å². The lowest BCUT2D eigenvalue weighted by molar-refractivity contribution is 0.295. The van der Waals surface area contributed by atoms with Crippen molar-refractivity contribution in [1.82, 2.24) is 0 Å². The Morgan fingerprint density at radius 3 is 1.21 bits per heavy atom. The quantitative estimate of drug-likeness (QED) is 0.699. The summed E-state index contributed by atoms with van der Waals surface area (Å²) in [6.07, 6.45) is 2.00. The summed E-state index contributed by atoms with van der Waals surface area (Å²) in [5.74, 6) is 0. The first kappa shape index (κ1) is 15.6. The molecule has 0 unspecified atom stereocenters. The molecular formula is C10H18O3S. The van der Waals surface area contributed by atoms with E-state index in [9.17, 15) is 0 Å². The average molecular weight is 218 g/mol. The fourth-order valence-corrected chi connectivity index (χ4v) is 0.385. The first-order valence-electron chi connectivity index (χ1n) is 4.34. The number of aliphatic hydroxyl groups is 1. The van der Waals surface area contributed by atoms with Crippen LogP contribution >= 0.6 is 0 Å². The highest BCUT2D eigenvalue weighted by Crippen LogP contribution is 1.79. The highest BCUT2D eigenvalue weighted by molar-refractivity contribution is 7.71. The van der Waals surface area contributed by atoms with Gasteiger partial charge in [-0.25, -0.2) is 8.42 Å². The molecule has 0 aliphatic carbocycles. The van der Waals surface area contributed by atoms with Gasteiger partial charge in [-0.2, -0.15) is 0 Å². The normalized spacial score (nSPS) is 8.00. The van der Waals surface area contributed by atoms with Crippen LogP contribution in [0.15, 0.2) is 36.4 Å². The number of benzene rings is 1. The number of rotatable bonds is 1. The fourth-order valence-electron chi connectivity index (χ4n) is 0.385. The minimum absolute atomic E-state index is 0.319. The Kier molecular flexibility index (Phi) is 16.3. The predicted molar refractivity (Wildman–Crippen MR) is 60.1 cm³/mol. The lowest BCUT2D eigenvalue weighted by Gasteiger charge is -1.69. The molecule has 0 aromatic heterocycles. The Hall–Kier alpha value is -0.870. The van der Waals surface area contributed by atoms with Crippen molar-refractivity contribution in [2.24, 2.45) is 0 Å². The molecule has 0 atom stereocenters. The second kappa shape index (κ2) is 14.6. The summed E-state index contributed by atoms with van der Waals surface area (Å²) < 4.78 is 18.1. The van der Waals surface area contributed by atoms with Gasteiger partial charge in [0.15, 0.2) is 0 Å². The minimum atomic E-state index is -2.12. The highest BCUT2D eigenvalue weighted by atomic mass is 32.2. The van der Waals surface area contributed by atoms with Crippen LogP contribution in [0.4, 0.5) is 0 Å². The second-order valence-electron chi connectivity index (χ2n) is 2.32. The van der Waals surface area contributed by atoms with Crippen LogP contribution in [-0.2, 0) is 10.7 Å². The number of hydrogen-bond acceptors (Lipinski definition) is 3. The topological polar surface area (TPSA) is 54.4 Å². The monoisotopic (exact) mass is 218 g/mol. The van der Waals surface area contributed by atoms with Gasteiger partial charge < -0.3 is 5.11 Å². The maximum atomic E-state index is 9.04. The Labute approximate surface area is 87.4 Å². The molecule has 0 aliphatic rings. The van der Waals surface area contributed by atoms with Crippen molar-refractivity contribution in [2.45, 2.75) is 13.3 Å². The van der Waals surface area contributed by atoms with E-state index in [1.54, 1.807) is 0 Å². The van der Waals surface area contributed by atoms with Crippen LogP contribution in [0.3, 0.4) is 0 Å². The van der Waals surface area contributed by atoms with Crippen LogP contribution in [0, 0.1) is 0 Å². The average Bonchev–Trinajstić information content (AvgIpc) is 2.20. The van der Waals surface area contributed by atoms with E-state index >= 15 is 0 Å². The third-order valence-corrected chi connectivity index (χ3v) is 0.890. The molecule has 0 heterocycles. The largest absolute Gasteiger partial charge is 0.396 e. The van der Waals surface area contributed by atoms with E-state index in [2.05, 4.69) is 0 Å². The van der Waals surface area contributed by atoms with Crippen molar-refractivity contribution in [1.29, 1.82) is 0 Å². The van der Waals surface area contributed by atoms with Gasteiger partial charge in [-0.3, -0.25) is 0 Å². The third kappa shape index (κ3) is 30.4. The van der Waals surface area contributed by atoms with E-state index in [0.717, 1.165) is 12.7 Å². The summed E-state index contributed by atoms with van der Waals surface area (Å²) in [5.41, 5.74) is 0. The van der Waals surface area contributed by atoms with Crippen LogP contribution < -0.4 is 0 Å². The third-order valence-electron chi connectivity index (χ3n) is 0.890. The van der Waals surface area contributed by atoms with Crippen LogP contribution in [-0.4, -0.2) is 26.4 Å². The molecule has 0 radical (unpaired) electrons. The van der Waals surface area contributed by atoms with Gasteiger partial charge in [0.1, 0.15) is 10.7 Å². The van der Waals surface area contributed by atoms with Crippen molar-refractivity contribution in [3.05, 3.63) is 36.4 Å². The first-order chi connectivity index (χ1) is 6.65. The standard InChI is InChI=1S/C6H6.C3H8O.CH4O2S/c1-2-4-6-5-3-1;1-2-3-4;1-4(2)3/h1-6H;4H,2-3H2,1H3;4H,1H3. The van der Waals surface area contributed by atoms with Crippen molar-refractivity contribution in [3.63, 3.8) is 0 Å². The van der Waals surface area contributed by atoms with E-state index in [1.807, 2.05) is 43.3 Å². The molecular weight excluding hydrogens is 200 g/mol. The zero-order chi connectivity index (χ0) is 11.2. The molecule has 1 rings (SSSR count). The smallest absolute Gasteiger partial charge is 0.137 e. The van der Waals surface area contributed by atoms with Gasteiger partial charge in [0, 0.05) is 12.9 Å². The van der Waals surface area contributed by atoms with Crippen molar-refractivity contribution in [2.75, 3.05) is 12.9 Å². The van der Waals surface area contributed by atoms with Crippen LogP contribution in [0.2, 0.25) is 0 Å². The second-order valence-corrected chi connectivity index (χ2v) is 3.20. The van der Waals surface area contributed by atoms with Gasteiger partial charge in [0.2, 0.25) is 0 Å². The van der Waals surface area contributed by atoms with E-state index in [0.29, 0.717) is 6.61 Å². The molecule has 0 amide bonds. The molecule has 1 aromatic carbocycles. The maximum absolute atomic E-state index is 9.04. The van der Waals surface area contributed by atoms with Gasteiger partial charge in [0.25, 0.3) is 0 Å². The van der Waals surface area contributed by atoms with E-state index in [4.69, 9.17) is 13.5 Å². The lowest BCUT2D eigenvalue weighted by atomic mass is 10.4. The molecule has 3 nitrogen and oxygen atoms in total. The molecule has 1 aromatic rings. The number of hydrogen-bond donors (Lipinski definition) is 2. The highest BCUT2D eigenvalue weighted by Gasteiger charge is 1.58. The lowest BCUT2D eigenvalue weighted by Crippen LogP contribution is -1.69. The van der Waals surface area contributed by atoms with Crippen molar-refractivity contribution in [3.8, 4) is 0 Å². The van der Waals surface area contributed by atoms with E-state index in [-0.39, 0.29) is 0 Å². The van der Waals surface area contributed by atoms with Gasteiger partial charge in [-0.05, 0) is 6.42 Å². The summed E-state index contributed by atoms with van der Waals surface area (Å²) in [5, 5.41) is 7.88. The molecule has 14 heavy (non-hydrogen) atoms. The summed E-state index contributed by atoms with van der Waals surface area (Å²) in [7, 11) is -2.12. The molecule has 4 heteroatoms. The first-order valence-corrected chi connectivity index (χ1v) is 5.96. The molecule has 1 N–H and O–H groups in total. The van der Waals surface area contributed by atoms with Gasteiger partial charge in [-0.15, -0.1) is 0 Å². The molecule has 0 spiro atoms. The van der Waals surface area contributed by atoms with Gasteiger partial charge in [-0.1, -0.05) is 43.3 Å². The SMILES string of the molecule is CCCO.C[SH](=O)=O.c1ccccc1. The number of thiol groups is 1. The molecule has 0 aliphatic heterocycles. The van der Waals surface area contributed by atoms with E-state index in [1.165, 1.54) is 0 Å². The summed E-state index contributed by atoms with van der Waals surface area (Å²) >= 11 is 0. The number of aliphatic hydroxyl groups excluding tert-OH is 1. The maximum Gasteiger partial charge on any atom is 0.137 e. The minimum Gasteiger partial charge on any atom is -0.396 e. The predicted octanol–water partition coefficient (Wildman–Crippen LogP) is 1.30. The molecule has 0 saturated carbocycles. The molecule has 0 fully saturated rings. The molecule has 82 valence electrons. The summed E-state index contributed by atoms with van der Waals surface area (Å²) in [6.45, 7) is 2.25. The zero-order valence-electron chi connectivity index (χ0n) is 8.59. The van der Waals surface area contributed by atoms with E-state index < -0.39 is 10.7 Å². The Morgan fingerprint density at radius 2 is 1.14 bits per heavy atom. The van der Waals surface area contributed by atoms with Crippen LogP contribution in [0.1, 0.15) is 13.3 Å². The molecule has 0 saturated heterocycles. The molecule has 0 bridgehead atoms. The fraction of sp³-hybridized carbons (Fsp3) is 0.400. The van der Waals surface area contributed by atoms with Crippen molar-refractivity contribution < 1.29 is 13.5 Å².